The molecule has 0 aromatic heterocycles. The van der Waals surface area contributed by atoms with Crippen molar-refractivity contribution in [2.45, 2.75) is 37.2 Å². The van der Waals surface area contributed by atoms with Gasteiger partial charge in [0.1, 0.15) is 12.6 Å². The van der Waals surface area contributed by atoms with E-state index in [1.54, 1.807) is 30.3 Å². The van der Waals surface area contributed by atoms with Crippen molar-refractivity contribution >= 4 is 43.5 Å². The lowest BCUT2D eigenvalue weighted by molar-refractivity contribution is -0.140. The van der Waals surface area contributed by atoms with Crippen molar-refractivity contribution < 1.29 is 27.5 Å². The second-order valence-corrected chi connectivity index (χ2v) is 13.3. The van der Waals surface area contributed by atoms with Crippen molar-refractivity contribution in [3.8, 4) is 11.5 Å². The molecule has 4 aromatic rings. The minimum Gasteiger partial charge on any atom is -0.493 e. The number of carbonyl (C=O) groups is 2. The van der Waals surface area contributed by atoms with Crippen LogP contribution in [0.25, 0.3) is 0 Å². The number of amides is 2. The van der Waals surface area contributed by atoms with E-state index in [9.17, 15) is 18.0 Å². The van der Waals surface area contributed by atoms with E-state index in [-0.39, 0.29) is 29.5 Å². The summed E-state index contributed by atoms with van der Waals surface area (Å²) in [5.74, 6) is -0.173. The number of ether oxygens (including phenoxy) is 2. The average Bonchev–Trinajstić information content (AvgIpc) is 3.08. The van der Waals surface area contributed by atoms with Crippen LogP contribution in [0.2, 0.25) is 0 Å². The van der Waals surface area contributed by atoms with Crippen LogP contribution in [-0.4, -0.2) is 58.5 Å². The second-order valence-electron chi connectivity index (χ2n) is 10.5. The summed E-state index contributed by atoms with van der Waals surface area (Å²) in [5, 5.41) is 2.95. The number of anilines is 1. The number of nitrogens with zero attached hydrogens (tertiary/aromatic N) is 2. The summed E-state index contributed by atoms with van der Waals surface area (Å²) in [4.78, 5) is 29.8. The lowest BCUT2D eigenvalue weighted by Crippen LogP contribution is -2.53. The number of hydrogen-bond acceptors (Lipinski definition) is 6. The zero-order chi connectivity index (χ0) is 33.1. The molecule has 0 heterocycles. The zero-order valence-electron chi connectivity index (χ0n) is 26.1. The van der Waals surface area contributed by atoms with Crippen molar-refractivity contribution in [3.63, 3.8) is 0 Å². The maximum Gasteiger partial charge on any atom is 0.264 e. The first-order chi connectivity index (χ1) is 22.2. The highest BCUT2D eigenvalue weighted by molar-refractivity contribution is 9.10. The van der Waals surface area contributed by atoms with E-state index in [0.717, 1.165) is 19.9 Å². The number of halogens is 1. The Hall–Kier alpha value is -4.35. The van der Waals surface area contributed by atoms with Crippen molar-refractivity contribution in [1.29, 1.82) is 0 Å². The molecule has 0 aliphatic carbocycles. The van der Waals surface area contributed by atoms with Gasteiger partial charge in [0.2, 0.25) is 11.8 Å². The van der Waals surface area contributed by atoms with Gasteiger partial charge < -0.3 is 19.7 Å². The largest absolute Gasteiger partial charge is 0.493 e. The molecule has 0 saturated carbocycles. The first-order valence-electron chi connectivity index (χ1n) is 14.8. The Labute approximate surface area is 279 Å². The molecule has 0 saturated heterocycles. The summed E-state index contributed by atoms with van der Waals surface area (Å²) in [6.07, 6.45) is 0.948. The monoisotopic (exact) mass is 707 g/mol. The molecule has 1 unspecified atom stereocenters. The van der Waals surface area contributed by atoms with Crippen LogP contribution in [0.1, 0.15) is 24.5 Å². The molecule has 242 valence electrons. The minimum atomic E-state index is -4.24. The summed E-state index contributed by atoms with van der Waals surface area (Å²) in [6.45, 7) is 1.88. The molecular formula is C35H38BrN3O6S. The Kier molecular flexibility index (Phi) is 12.2. The first kappa shape index (κ1) is 34.5. The molecule has 4 rings (SSSR count). The average molecular weight is 709 g/mol. The van der Waals surface area contributed by atoms with E-state index in [4.69, 9.17) is 9.47 Å². The molecule has 46 heavy (non-hydrogen) atoms. The van der Waals surface area contributed by atoms with Crippen LogP contribution >= 0.6 is 15.9 Å². The maximum absolute atomic E-state index is 14.6. The molecule has 1 atom stereocenters. The third-order valence-corrected chi connectivity index (χ3v) is 9.61. The molecule has 11 heteroatoms. The van der Waals surface area contributed by atoms with E-state index in [1.165, 1.54) is 37.3 Å². The Morgan fingerprint density at radius 2 is 1.48 bits per heavy atom. The molecule has 0 bridgehead atoms. The van der Waals surface area contributed by atoms with Crippen LogP contribution in [0.5, 0.6) is 11.5 Å². The standard InChI is InChI=1S/C35H38BrN3O6S/c1-4-20-37-35(41)31(22-26-12-7-5-8-13-26)38(24-27-14-11-15-28(36)21-27)34(40)25-39(46(42,43)30-16-9-6-10-17-30)29-18-19-32(44-2)33(23-29)45-3/h5-19,21,23,31H,4,20,22,24-25H2,1-3H3,(H,37,41). The van der Waals surface area contributed by atoms with Crippen molar-refractivity contribution in [3.05, 3.63) is 119 Å². The van der Waals surface area contributed by atoms with E-state index in [1.807, 2.05) is 61.5 Å². The van der Waals surface area contributed by atoms with Crippen LogP contribution in [0, 0.1) is 0 Å². The molecule has 0 fully saturated rings. The van der Waals surface area contributed by atoms with Crippen LogP contribution < -0.4 is 19.1 Å². The van der Waals surface area contributed by atoms with Gasteiger partial charge in [-0.25, -0.2) is 8.42 Å². The molecule has 2 amide bonds. The van der Waals surface area contributed by atoms with Gasteiger partial charge in [-0.1, -0.05) is 83.5 Å². The molecule has 0 aliphatic rings. The van der Waals surface area contributed by atoms with Crippen molar-refractivity contribution in [2.24, 2.45) is 0 Å². The van der Waals surface area contributed by atoms with E-state index in [2.05, 4.69) is 21.2 Å². The Bertz CT molecular complexity index is 1720. The third kappa shape index (κ3) is 8.67. The van der Waals surface area contributed by atoms with Gasteiger partial charge in [-0.3, -0.25) is 13.9 Å². The Morgan fingerprint density at radius 3 is 2.11 bits per heavy atom. The molecule has 0 radical (unpaired) electrons. The topological polar surface area (TPSA) is 105 Å². The van der Waals surface area contributed by atoms with E-state index < -0.39 is 28.5 Å². The lowest BCUT2D eigenvalue weighted by Gasteiger charge is -2.34. The fourth-order valence-electron chi connectivity index (χ4n) is 4.98. The number of benzene rings is 4. The lowest BCUT2D eigenvalue weighted by atomic mass is 10.0. The van der Waals surface area contributed by atoms with Gasteiger partial charge in [0, 0.05) is 30.0 Å². The van der Waals surface area contributed by atoms with Gasteiger partial charge in [-0.15, -0.1) is 0 Å². The smallest absolute Gasteiger partial charge is 0.264 e. The van der Waals surface area contributed by atoms with E-state index in [0.29, 0.717) is 24.5 Å². The highest BCUT2D eigenvalue weighted by atomic mass is 79.9. The predicted octanol–water partition coefficient (Wildman–Crippen LogP) is 5.83. The predicted molar refractivity (Wildman–Crippen MR) is 182 cm³/mol. The second kappa shape index (κ2) is 16.3. The third-order valence-electron chi connectivity index (χ3n) is 7.33. The highest BCUT2D eigenvalue weighted by Gasteiger charge is 2.35. The minimum absolute atomic E-state index is 0.0117. The molecule has 9 nitrogen and oxygen atoms in total. The zero-order valence-corrected chi connectivity index (χ0v) is 28.5. The number of hydrogen-bond donors (Lipinski definition) is 1. The maximum atomic E-state index is 14.6. The summed E-state index contributed by atoms with van der Waals surface area (Å²) in [6, 6.07) is 28.5. The van der Waals surface area contributed by atoms with E-state index >= 15 is 0 Å². The van der Waals surface area contributed by atoms with Gasteiger partial charge in [0.05, 0.1) is 24.8 Å². The number of carbonyl (C=O) groups excluding carboxylic acids is 2. The molecule has 4 aromatic carbocycles. The van der Waals surface area contributed by atoms with Gasteiger partial charge in [-0.2, -0.15) is 0 Å². The number of methoxy groups -OCH3 is 2. The first-order valence-corrected chi connectivity index (χ1v) is 17.1. The molecule has 1 N–H and O–H groups in total. The fourth-order valence-corrected chi connectivity index (χ4v) is 6.85. The number of rotatable bonds is 15. The summed E-state index contributed by atoms with van der Waals surface area (Å²) < 4.78 is 41.0. The number of sulfonamides is 1. The van der Waals surface area contributed by atoms with Gasteiger partial charge in [-0.05, 0) is 53.9 Å². The summed E-state index contributed by atoms with van der Waals surface area (Å²) in [7, 11) is -1.31. The molecule has 0 aliphatic heterocycles. The van der Waals surface area contributed by atoms with Crippen LogP contribution in [0.3, 0.4) is 0 Å². The van der Waals surface area contributed by atoms with Crippen LogP contribution in [0.4, 0.5) is 5.69 Å². The van der Waals surface area contributed by atoms with Crippen LogP contribution in [-0.2, 0) is 32.6 Å². The van der Waals surface area contributed by atoms with Gasteiger partial charge >= 0.3 is 0 Å². The number of nitrogens with one attached hydrogen (secondary N) is 1. The Balaban J connectivity index is 1.83. The van der Waals surface area contributed by atoms with Gasteiger partial charge in [0.25, 0.3) is 10.0 Å². The SMILES string of the molecule is CCCNC(=O)C(Cc1ccccc1)N(Cc1cccc(Br)c1)C(=O)CN(c1ccc(OC)c(OC)c1)S(=O)(=O)c1ccccc1. The van der Waals surface area contributed by atoms with Crippen molar-refractivity contribution in [2.75, 3.05) is 31.6 Å². The van der Waals surface area contributed by atoms with Crippen molar-refractivity contribution in [1.82, 2.24) is 10.2 Å². The fraction of sp³-hybridized carbons (Fsp3) is 0.257. The summed E-state index contributed by atoms with van der Waals surface area (Å²) in [5.41, 5.74) is 1.83. The molecular weight excluding hydrogens is 670 g/mol. The molecule has 0 spiro atoms. The normalized spacial score (nSPS) is 11.7. The summed E-state index contributed by atoms with van der Waals surface area (Å²) >= 11 is 3.50. The quantitative estimate of drug-likeness (QED) is 0.167. The van der Waals surface area contributed by atoms with Gasteiger partial charge in [0.15, 0.2) is 11.5 Å². The van der Waals surface area contributed by atoms with Crippen LogP contribution in [0.15, 0.2) is 112 Å². The Morgan fingerprint density at radius 1 is 0.826 bits per heavy atom. The highest BCUT2D eigenvalue weighted by Crippen LogP contribution is 2.34.